The van der Waals surface area contributed by atoms with Crippen LogP contribution >= 0.6 is 0 Å². The summed E-state index contributed by atoms with van der Waals surface area (Å²) in [6, 6.07) is 17.1. The van der Waals surface area contributed by atoms with E-state index < -0.39 is 0 Å². The summed E-state index contributed by atoms with van der Waals surface area (Å²) in [6.07, 6.45) is 0. The molecule has 0 spiro atoms. The van der Waals surface area contributed by atoms with Gasteiger partial charge in [0.2, 0.25) is 0 Å². The van der Waals surface area contributed by atoms with Crippen molar-refractivity contribution >= 4 is 17.5 Å². The first-order valence-corrected chi connectivity index (χ1v) is 9.52. The van der Waals surface area contributed by atoms with Gasteiger partial charge in [0.15, 0.2) is 13.1 Å². The average Bonchev–Trinajstić information content (AvgIpc) is 2.72. The Balaban J connectivity index is 1.91. The fourth-order valence-electron chi connectivity index (χ4n) is 2.96. The SMILES string of the molecule is CC[NH+](CC(=O)Nc1cccc(OC)c1)CC(=O)N(C)[C@@H](C)c1ccccc1. The lowest BCUT2D eigenvalue weighted by atomic mass is 10.1. The van der Waals surface area contributed by atoms with E-state index in [0.717, 1.165) is 10.5 Å². The quantitative estimate of drug-likeness (QED) is 0.693. The summed E-state index contributed by atoms with van der Waals surface area (Å²) in [5.74, 6) is 0.572. The highest BCUT2D eigenvalue weighted by atomic mass is 16.5. The first-order valence-electron chi connectivity index (χ1n) is 9.52. The predicted octanol–water partition coefficient (Wildman–Crippen LogP) is 1.76. The van der Waals surface area contributed by atoms with Crippen LogP contribution in [0.25, 0.3) is 0 Å². The third-order valence-electron chi connectivity index (χ3n) is 4.92. The number of anilines is 1. The van der Waals surface area contributed by atoms with Crippen molar-refractivity contribution in [3.63, 3.8) is 0 Å². The van der Waals surface area contributed by atoms with E-state index in [1.165, 1.54) is 0 Å². The number of nitrogens with one attached hydrogen (secondary N) is 2. The highest BCUT2D eigenvalue weighted by Crippen LogP contribution is 2.18. The molecule has 28 heavy (non-hydrogen) atoms. The van der Waals surface area contributed by atoms with Crippen molar-refractivity contribution in [2.75, 3.05) is 39.1 Å². The van der Waals surface area contributed by atoms with Gasteiger partial charge in [-0.2, -0.15) is 0 Å². The van der Waals surface area contributed by atoms with Crippen LogP contribution in [0.2, 0.25) is 0 Å². The zero-order valence-corrected chi connectivity index (χ0v) is 17.1. The zero-order chi connectivity index (χ0) is 20.5. The summed E-state index contributed by atoms with van der Waals surface area (Å²) in [5, 5.41) is 2.87. The van der Waals surface area contributed by atoms with E-state index in [1.54, 1.807) is 18.1 Å². The van der Waals surface area contributed by atoms with Gasteiger partial charge in [-0.05, 0) is 31.5 Å². The molecule has 0 aliphatic rings. The van der Waals surface area contributed by atoms with Crippen LogP contribution in [0.3, 0.4) is 0 Å². The van der Waals surface area contributed by atoms with E-state index in [2.05, 4.69) is 5.32 Å². The molecule has 6 nitrogen and oxygen atoms in total. The third-order valence-corrected chi connectivity index (χ3v) is 4.92. The Morgan fingerprint density at radius 1 is 1.11 bits per heavy atom. The number of carbonyl (C=O) groups is 2. The second kappa shape index (κ2) is 10.5. The molecule has 0 saturated heterocycles. The molecule has 2 aromatic carbocycles. The van der Waals surface area contributed by atoms with Crippen LogP contribution in [0.5, 0.6) is 5.75 Å². The molecule has 0 heterocycles. The van der Waals surface area contributed by atoms with Gasteiger partial charge >= 0.3 is 0 Å². The van der Waals surface area contributed by atoms with E-state index in [0.29, 0.717) is 18.0 Å². The van der Waals surface area contributed by atoms with Crippen LogP contribution in [0, 0.1) is 0 Å². The lowest BCUT2D eigenvalue weighted by Gasteiger charge is -2.27. The van der Waals surface area contributed by atoms with Gasteiger partial charge in [0.05, 0.1) is 19.7 Å². The first kappa shape index (κ1) is 21.4. The average molecular weight is 385 g/mol. The van der Waals surface area contributed by atoms with E-state index in [9.17, 15) is 9.59 Å². The molecule has 6 heteroatoms. The number of hydrogen-bond donors (Lipinski definition) is 2. The molecule has 0 aliphatic heterocycles. The van der Waals surface area contributed by atoms with Crippen LogP contribution in [-0.2, 0) is 9.59 Å². The summed E-state index contributed by atoms with van der Waals surface area (Å²) in [4.78, 5) is 27.8. The molecule has 1 unspecified atom stereocenters. The summed E-state index contributed by atoms with van der Waals surface area (Å²) < 4.78 is 5.17. The topological polar surface area (TPSA) is 63.1 Å². The monoisotopic (exact) mass is 384 g/mol. The van der Waals surface area contributed by atoms with Crippen molar-refractivity contribution in [3.8, 4) is 5.75 Å². The fourth-order valence-corrected chi connectivity index (χ4v) is 2.96. The molecular formula is C22H30N3O3+. The van der Waals surface area contributed by atoms with E-state index in [4.69, 9.17) is 4.74 Å². The molecule has 150 valence electrons. The lowest BCUT2D eigenvalue weighted by molar-refractivity contribution is -0.882. The summed E-state index contributed by atoms with van der Waals surface area (Å²) >= 11 is 0. The van der Waals surface area contributed by atoms with Gasteiger partial charge in [-0.25, -0.2) is 0 Å². The van der Waals surface area contributed by atoms with Crippen molar-refractivity contribution in [2.24, 2.45) is 0 Å². The number of ether oxygens (including phenoxy) is 1. The molecule has 0 aromatic heterocycles. The van der Waals surface area contributed by atoms with E-state index in [1.807, 2.05) is 69.4 Å². The number of amides is 2. The number of rotatable bonds is 9. The van der Waals surface area contributed by atoms with E-state index in [-0.39, 0.29) is 30.9 Å². The summed E-state index contributed by atoms with van der Waals surface area (Å²) in [7, 11) is 3.39. The van der Waals surface area contributed by atoms with Gasteiger partial charge in [0.1, 0.15) is 5.75 Å². The Labute approximate surface area is 167 Å². The molecule has 2 N–H and O–H groups in total. The highest BCUT2D eigenvalue weighted by molar-refractivity contribution is 5.91. The van der Waals surface area contributed by atoms with Crippen LogP contribution in [0.15, 0.2) is 54.6 Å². The molecule has 0 saturated carbocycles. The standard InChI is InChI=1S/C22H29N3O3/c1-5-25(15-21(26)23-19-12-9-13-20(14-19)28-4)16-22(27)24(3)17(2)18-10-7-6-8-11-18/h6-14,17H,5,15-16H2,1-4H3,(H,23,26)/p+1/t17-/m0/s1. The Kier molecular flexibility index (Phi) is 8.02. The Morgan fingerprint density at radius 2 is 1.82 bits per heavy atom. The number of likely N-dealkylation sites (N-methyl/N-ethyl adjacent to an activating group) is 2. The maximum absolute atomic E-state index is 12.7. The maximum Gasteiger partial charge on any atom is 0.279 e. The second-order valence-corrected chi connectivity index (χ2v) is 6.83. The largest absolute Gasteiger partial charge is 0.497 e. The second-order valence-electron chi connectivity index (χ2n) is 6.83. The van der Waals surface area contributed by atoms with Gasteiger partial charge in [0.25, 0.3) is 11.8 Å². The molecule has 2 aromatic rings. The fraction of sp³-hybridized carbons (Fsp3) is 0.364. The van der Waals surface area contributed by atoms with Crippen LogP contribution in [-0.4, -0.2) is 50.5 Å². The third kappa shape index (κ3) is 6.09. The predicted molar refractivity (Wildman–Crippen MR) is 110 cm³/mol. The minimum absolute atomic E-state index is 0.0161. The van der Waals surface area contributed by atoms with Gasteiger partial charge in [-0.3, -0.25) is 9.59 Å². The first-order chi connectivity index (χ1) is 13.4. The van der Waals surface area contributed by atoms with Gasteiger partial charge < -0.3 is 19.9 Å². The zero-order valence-electron chi connectivity index (χ0n) is 17.1. The smallest absolute Gasteiger partial charge is 0.279 e. The molecule has 0 fully saturated rings. The Hall–Kier alpha value is -2.86. The van der Waals surface area contributed by atoms with Gasteiger partial charge in [0, 0.05) is 18.8 Å². The van der Waals surface area contributed by atoms with Crippen LogP contribution < -0.4 is 15.0 Å². The molecule has 2 atom stereocenters. The van der Waals surface area contributed by atoms with Crippen molar-refractivity contribution in [3.05, 3.63) is 60.2 Å². The highest BCUT2D eigenvalue weighted by Gasteiger charge is 2.23. The number of quaternary nitrogens is 1. The number of methoxy groups -OCH3 is 1. The molecule has 0 bridgehead atoms. The maximum atomic E-state index is 12.7. The van der Waals surface area contributed by atoms with Crippen LogP contribution in [0.4, 0.5) is 5.69 Å². The summed E-state index contributed by atoms with van der Waals surface area (Å²) in [5.41, 5.74) is 1.77. The lowest BCUT2D eigenvalue weighted by Crippen LogP contribution is -3.13. The Morgan fingerprint density at radius 3 is 2.46 bits per heavy atom. The van der Waals surface area contributed by atoms with Crippen molar-refractivity contribution in [1.82, 2.24) is 4.90 Å². The van der Waals surface area contributed by atoms with Gasteiger partial charge in [-0.1, -0.05) is 36.4 Å². The Bertz CT molecular complexity index is 780. The number of benzene rings is 2. The molecule has 2 rings (SSSR count). The van der Waals surface area contributed by atoms with Crippen LogP contribution in [0.1, 0.15) is 25.5 Å². The number of nitrogens with zero attached hydrogens (tertiary/aromatic N) is 1. The number of hydrogen-bond acceptors (Lipinski definition) is 3. The minimum atomic E-state index is -0.128. The van der Waals surface area contributed by atoms with Crippen molar-refractivity contribution in [2.45, 2.75) is 19.9 Å². The number of carbonyl (C=O) groups excluding carboxylic acids is 2. The molecule has 2 amide bonds. The van der Waals surface area contributed by atoms with E-state index >= 15 is 0 Å². The van der Waals surface area contributed by atoms with Crippen molar-refractivity contribution < 1.29 is 19.2 Å². The molecule has 0 radical (unpaired) electrons. The van der Waals surface area contributed by atoms with Crippen molar-refractivity contribution in [1.29, 1.82) is 0 Å². The minimum Gasteiger partial charge on any atom is -0.497 e. The van der Waals surface area contributed by atoms with Gasteiger partial charge in [-0.15, -0.1) is 0 Å². The normalized spacial score (nSPS) is 12.7. The molecule has 0 aliphatic carbocycles. The summed E-state index contributed by atoms with van der Waals surface area (Å²) in [6.45, 7) is 5.17. The molecular weight excluding hydrogens is 354 g/mol.